The zero-order valence-electron chi connectivity index (χ0n) is 14.1. The van der Waals surface area contributed by atoms with Crippen molar-refractivity contribution in [3.63, 3.8) is 0 Å². The molecule has 0 amide bonds. The lowest BCUT2D eigenvalue weighted by Crippen LogP contribution is -2.94. The molecule has 0 aliphatic carbocycles. The second kappa shape index (κ2) is 8.43. The summed E-state index contributed by atoms with van der Waals surface area (Å²) in [5.74, 6) is 2.24. The number of hydrogen-bond acceptors (Lipinski definition) is 4. The van der Waals surface area contributed by atoms with Crippen LogP contribution < -0.4 is 19.5 Å². The molecular weight excluding hydrogens is 342 g/mol. The summed E-state index contributed by atoms with van der Waals surface area (Å²) < 4.78 is 17.3. The van der Waals surface area contributed by atoms with E-state index in [4.69, 9.17) is 25.8 Å². The minimum absolute atomic E-state index is 0.0562. The Labute approximate surface area is 152 Å². The number of quaternary nitrogens is 1. The van der Waals surface area contributed by atoms with E-state index in [-0.39, 0.29) is 18.8 Å². The highest BCUT2D eigenvalue weighted by molar-refractivity contribution is 6.30. The topological polar surface area (TPSA) is 64.5 Å². The Hall–Kier alpha value is -1.95. The van der Waals surface area contributed by atoms with Gasteiger partial charge in [-0.2, -0.15) is 0 Å². The number of benzene rings is 2. The number of nitrogens with two attached hydrogens (primary N) is 1. The molecule has 0 bridgehead atoms. The van der Waals surface area contributed by atoms with E-state index in [0.29, 0.717) is 23.9 Å². The molecule has 134 valence electrons. The van der Waals surface area contributed by atoms with Crippen LogP contribution in [-0.2, 0) is 0 Å². The Balaban J connectivity index is 1.41. The molecule has 1 aliphatic rings. The molecule has 0 radical (unpaired) electrons. The van der Waals surface area contributed by atoms with Gasteiger partial charge in [-0.3, -0.25) is 0 Å². The first-order valence-electron chi connectivity index (χ1n) is 8.40. The molecule has 0 saturated heterocycles. The van der Waals surface area contributed by atoms with Crippen LogP contribution >= 0.6 is 11.6 Å². The van der Waals surface area contributed by atoms with Gasteiger partial charge in [-0.25, -0.2) is 0 Å². The van der Waals surface area contributed by atoms with Crippen LogP contribution in [0.15, 0.2) is 48.5 Å². The third kappa shape index (κ3) is 5.01. The first kappa shape index (κ1) is 17.9. The second-order valence-electron chi connectivity index (χ2n) is 6.16. The van der Waals surface area contributed by atoms with Crippen LogP contribution in [-0.4, -0.2) is 43.1 Å². The van der Waals surface area contributed by atoms with Crippen molar-refractivity contribution >= 4 is 11.6 Å². The van der Waals surface area contributed by atoms with Crippen molar-refractivity contribution in [3.8, 4) is 17.2 Å². The quantitative estimate of drug-likeness (QED) is 0.787. The molecule has 6 heteroatoms. The summed E-state index contributed by atoms with van der Waals surface area (Å²) in [7, 11) is 0. The van der Waals surface area contributed by atoms with Crippen LogP contribution in [0.3, 0.4) is 0 Å². The molecule has 0 spiro atoms. The third-order valence-electron chi connectivity index (χ3n) is 4.15. The van der Waals surface area contributed by atoms with Gasteiger partial charge in [0.05, 0.1) is 0 Å². The molecule has 0 saturated carbocycles. The standard InChI is InChI=1S/C19H22ClNO4/c1-13(19-12-24-17-4-2-3-5-18(17)25-19)21-10-15(22)11-23-16-8-6-14(20)7-9-16/h2-9,13,15,19,21-22H,10-12H2,1H3/p+1/t13-,15+,19+/m1/s1. The third-order valence-corrected chi connectivity index (χ3v) is 4.40. The maximum Gasteiger partial charge on any atom is 0.184 e. The van der Waals surface area contributed by atoms with Crippen molar-refractivity contribution in [2.45, 2.75) is 25.2 Å². The van der Waals surface area contributed by atoms with Crippen molar-refractivity contribution in [3.05, 3.63) is 53.6 Å². The largest absolute Gasteiger partial charge is 0.491 e. The van der Waals surface area contributed by atoms with Gasteiger partial charge in [-0.15, -0.1) is 0 Å². The van der Waals surface area contributed by atoms with Crippen LogP contribution in [0.4, 0.5) is 0 Å². The van der Waals surface area contributed by atoms with E-state index in [1.807, 2.05) is 24.3 Å². The monoisotopic (exact) mass is 364 g/mol. The van der Waals surface area contributed by atoms with Crippen LogP contribution in [0, 0.1) is 0 Å². The zero-order valence-corrected chi connectivity index (χ0v) is 14.9. The fraction of sp³-hybridized carbons (Fsp3) is 0.368. The van der Waals surface area contributed by atoms with Crippen molar-refractivity contribution in [2.24, 2.45) is 0 Å². The highest BCUT2D eigenvalue weighted by Crippen LogP contribution is 2.31. The minimum atomic E-state index is -0.574. The number of ether oxygens (including phenoxy) is 3. The van der Waals surface area contributed by atoms with Crippen LogP contribution in [0.5, 0.6) is 17.2 Å². The average Bonchev–Trinajstić information content (AvgIpc) is 2.65. The van der Waals surface area contributed by atoms with Crippen LogP contribution in [0.1, 0.15) is 6.92 Å². The first-order valence-corrected chi connectivity index (χ1v) is 8.78. The molecule has 5 nitrogen and oxygen atoms in total. The van der Waals surface area contributed by atoms with E-state index in [1.54, 1.807) is 24.3 Å². The van der Waals surface area contributed by atoms with E-state index in [0.717, 1.165) is 11.5 Å². The number of hydrogen-bond donors (Lipinski definition) is 2. The van der Waals surface area contributed by atoms with Gasteiger partial charge in [-0.1, -0.05) is 23.7 Å². The summed E-state index contributed by atoms with van der Waals surface area (Å²) in [6, 6.07) is 14.9. The molecule has 0 fully saturated rings. The number of rotatable bonds is 7. The van der Waals surface area contributed by atoms with Crippen molar-refractivity contribution in [1.29, 1.82) is 0 Å². The van der Waals surface area contributed by atoms with Gasteiger partial charge in [0.15, 0.2) is 17.6 Å². The fourth-order valence-corrected chi connectivity index (χ4v) is 2.74. The molecule has 3 atom stereocenters. The Morgan fingerprint density at radius 2 is 1.92 bits per heavy atom. The van der Waals surface area contributed by atoms with E-state index >= 15 is 0 Å². The van der Waals surface area contributed by atoms with Crippen molar-refractivity contribution in [1.82, 2.24) is 0 Å². The van der Waals surface area contributed by atoms with Gasteiger partial charge in [-0.05, 0) is 43.3 Å². The summed E-state index contributed by atoms with van der Waals surface area (Å²) in [5.41, 5.74) is 0. The van der Waals surface area contributed by atoms with Crippen molar-refractivity contribution in [2.75, 3.05) is 19.8 Å². The number of aliphatic hydroxyl groups excluding tert-OH is 1. The van der Waals surface area contributed by atoms with Gasteiger partial charge in [0.25, 0.3) is 0 Å². The summed E-state index contributed by atoms with van der Waals surface area (Å²) in [6.07, 6.45) is -0.630. The van der Waals surface area contributed by atoms with Crippen molar-refractivity contribution < 1.29 is 24.6 Å². The Kier molecular flexibility index (Phi) is 6.02. The lowest BCUT2D eigenvalue weighted by Gasteiger charge is -2.29. The summed E-state index contributed by atoms with van der Waals surface area (Å²) >= 11 is 5.83. The molecule has 1 heterocycles. The molecule has 0 aromatic heterocycles. The van der Waals surface area contributed by atoms with E-state index in [2.05, 4.69) is 12.2 Å². The van der Waals surface area contributed by atoms with E-state index in [1.165, 1.54) is 0 Å². The fourth-order valence-electron chi connectivity index (χ4n) is 2.61. The molecule has 2 aromatic rings. The summed E-state index contributed by atoms with van der Waals surface area (Å²) in [4.78, 5) is 0. The Morgan fingerprint density at radius 3 is 2.68 bits per heavy atom. The zero-order chi connectivity index (χ0) is 17.6. The first-order chi connectivity index (χ1) is 12.1. The average molecular weight is 365 g/mol. The second-order valence-corrected chi connectivity index (χ2v) is 6.60. The van der Waals surface area contributed by atoms with Crippen LogP contribution in [0.25, 0.3) is 0 Å². The Bertz CT molecular complexity index is 679. The minimum Gasteiger partial charge on any atom is -0.491 e. The predicted octanol–water partition coefficient (Wildman–Crippen LogP) is 1.87. The summed E-state index contributed by atoms with van der Waals surface area (Å²) in [5, 5.41) is 12.8. The normalized spacial score (nSPS) is 18.4. The maximum absolute atomic E-state index is 10.1. The molecule has 0 unspecified atom stereocenters. The lowest BCUT2D eigenvalue weighted by atomic mass is 10.1. The van der Waals surface area contributed by atoms with Crippen LogP contribution in [0.2, 0.25) is 5.02 Å². The van der Waals surface area contributed by atoms with Gasteiger partial charge in [0.1, 0.15) is 37.7 Å². The molecule has 3 N–H and O–H groups in total. The van der Waals surface area contributed by atoms with Gasteiger partial charge >= 0.3 is 0 Å². The Morgan fingerprint density at radius 1 is 1.20 bits per heavy atom. The highest BCUT2D eigenvalue weighted by atomic mass is 35.5. The number of fused-ring (bicyclic) bond motifs is 1. The lowest BCUT2D eigenvalue weighted by molar-refractivity contribution is -0.698. The molecular formula is C19H23ClNO4+. The number of aliphatic hydroxyl groups is 1. The van der Waals surface area contributed by atoms with E-state index < -0.39 is 6.10 Å². The number of para-hydroxylation sites is 2. The molecule has 3 rings (SSSR count). The summed E-state index contributed by atoms with van der Waals surface area (Å²) in [6.45, 7) is 3.33. The number of halogens is 1. The van der Waals surface area contributed by atoms with Gasteiger partial charge in [0.2, 0.25) is 0 Å². The maximum atomic E-state index is 10.1. The predicted molar refractivity (Wildman–Crippen MR) is 95.6 cm³/mol. The molecule has 25 heavy (non-hydrogen) atoms. The SMILES string of the molecule is C[C@@H]([NH2+]C[C@H](O)COc1ccc(Cl)cc1)[C@@H]1COc2ccccc2O1. The molecule has 2 aromatic carbocycles. The highest BCUT2D eigenvalue weighted by Gasteiger charge is 2.28. The smallest absolute Gasteiger partial charge is 0.184 e. The van der Waals surface area contributed by atoms with E-state index in [9.17, 15) is 5.11 Å². The van der Waals surface area contributed by atoms with Gasteiger partial charge in [0, 0.05) is 5.02 Å². The molecule has 1 aliphatic heterocycles. The van der Waals surface area contributed by atoms with Gasteiger partial charge < -0.3 is 24.6 Å².